The molecule has 5 nitrogen and oxygen atoms in total. The van der Waals surface area contributed by atoms with Crippen LogP contribution in [0.4, 0.5) is 0 Å². The smallest absolute Gasteiger partial charge is 0.323 e. The van der Waals surface area contributed by atoms with Gasteiger partial charge < -0.3 is 14.8 Å². The molecule has 1 aromatic carbocycles. The van der Waals surface area contributed by atoms with Crippen molar-refractivity contribution < 1.29 is 15.0 Å². The average Bonchev–Trinajstić information content (AvgIpc) is 2.57. The Morgan fingerprint density at radius 3 is 2.42 bits per heavy atom. The van der Waals surface area contributed by atoms with Gasteiger partial charge in [0.25, 0.3) is 0 Å². The fourth-order valence-corrected chi connectivity index (χ4v) is 2.14. The van der Waals surface area contributed by atoms with E-state index in [1.54, 1.807) is 18.4 Å². The lowest BCUT2D eigenvalue weighted by Gasteiger charge is -2.18. The summed E-state index contributed by atoms with van der Waals surface area (Å²) in [4.78, 5) is 15.4. The first-order valence-corrected chi connectivity index (χ1v) is 6.12. The number of aliphatic hydroxyl groups is 1. The number of rotatable bonds is 3. The summed E-state index contributed by atoms with van der Waals surface area (Å²) in [5.74, 6) is -0.585. The fourth-order valence-electron chi connectivity index (χ4n) is 2.14. The molecule has 1 aromatic heterocycles. The topological polar surface area (TPSA) is 75.4 Å². The number of aryl methyl sites for hydroxylation is 2. The summed E-state index contributed by atoms with van der Waals surface area (Å²) in [6.45, 7) is 6.95. The maximum absolute atomic E-state index is 11.0. The van der Waals surface area contributed by atoms with E-state index < -0.39 is 11.6 Å². The molecule has 2 aromatic rings. The van der Waals surface area contributed by atoms with Crippen LogP contribution in [0.2, 0.25) is 0 Å². The predicted molar refractivity (Wildman–Crippen MR) is 72.1 cm³/mol. The van der Waals surface area contributed by atoms with E-state index in [9.17, 15) is 9.90 Å². The molecule has 102 valence electrons. The second-order valence-corrected chi connectivity index (χ2v) is 5.40. The zero-order valence-corrected chi connectivity index (χ0v) is 11.6. The van der Waals surface area contributed by atoms with Crippen LogP contribution in [0.1, 0.15) is 30.8 Å². The Bertz CT molecular complexity index is 651. The molecule has 19 heavy (non-hydrogen) atoms. The number of hydrogen-bond donors (Lipinski definition) is 2. The molecule has 2 rings (SSSR count). The monoisotopic (exact) mass is 262 g/mol. The average molecular weight is 262 g/mol. The third kappa shape index (κ3) is 2.46. The molecule has 0 unspecified atom stereocenters. The van der Waals surface area contributed by atoms with Crippen LogP contribution < -0.4 is 0 Å². The summed E-state index contributed by atoms with van der Waals surface area (Å²) in [7, 11) is 0. The van der Waals surface area contributed by atoms with E-state index in [2.05, 4.69) is 4.98 Å². The highest BCUT2D eigenvalue weighted by molar-refractivity contribution is 5.80. The molecule has 0 fully saturated rings. The lowest BCUT2D eigenvalue weighted by atomic mass is 10.1. The minimum atomic E-state index is -1.18. The number of carbonyl (C=O) groups is 1. The summed E-state index contributed by atoms with van der Waals surface area (Å²) in [6, 6.07) is 3.83. The van der Waals surface area contributed by atoms with Crippen molar-refractivity contribution in [3.05, 3.63) is 29.1 Å². The van der Waals surface area contributed by atoms with Crippen molar-refractivity contribution in [2.24, 2.45) is 0 Å². The van der Waals surface area contributed by atoms with Crippen LogP contribution in [0.3, 0.4) is 0 Å². The van der Waals surface area contributed by atoms with Crippen LogP contribution in [0.25, 0.3) is 11.0 Å². The molecule has 1 heterocycles. The number of imidazole rings is 1. The first-order valence-electron chi connectivity index (χ1n) is 6.12. The van der Waals surface area contributed by atoms with E-state index in [1.807, 2.05) is 26.0 Å². The van der Waals surface area contributed by atoms with Gasteiger partial charge in [0, 0.05) is 0 Å². The molecule has 0 aliphatic heterocycles. The molecule has 0 aliphatic carbocycles. The van der Waals surface area contributed by atoms with E-state index in [0.29, 0.717) is 11.3 Å². The Morgan fingerprint density at radius 1 is 1.32 bits per heavy atom. The fraction of sp³-hybridized carbons (Fsp3) is 0.429. The largest absolute Gasteiger partial charge is 0.480 e. The second-order valence-electron chi connectivity index (χ2n) is 5.40. The molecule has 0 aliphatic rings. The van der Waals surface area contributed by atoms with E-state index in [-0.39, 0.29) is 6.54 Å². The van der Waals surface area contributed by atoms with Gasteiger partial charge in [-0.1, -0.05) is 0 Å². The van der Waals surface area contributed by atoms with Crippen LogP contribution in [0.15, 0.2) is 12.1 Å². The van der Waals surface area contributed by atoms with Crippen molar-refractivity contribution in [3.63, 3.8) is 0 Å². The molecule has 0 saturated carbocycles. The first-order chi connectivity index (χ1) is 8.70. The van der Waals surface area contributed by atoms with Gasteiger partial charge in [-0.3, -0.25) is 4.79 Å². The van der Waals surface area contributed by atoms with Crippen molar-refractivity contribution >= 4 is 17.0 Å². The van der Waals surface area contributed by atoms with Crippen LogP contribution in [0.5, 0.6) is 0 Å². The van der Waals surface area contributed by atoms with Gasteiger partial charge in [-0.25, -0.2) is 4.98 Å². The van der Waals surface area contributed by atoms with Gasteiger partial charge in [0.15, 0.2) is 0 Å². The predicted octanol–water partition coefficient (Wildman–Crippen LogP) is 1.97. The highest BCUT2D eigenvalue weighted by Crippen LogP contribution is 2.26. The highest BCUT2D eigenvalue weighted by Gasteiger charge is 2.26. The van der Waals surface area contributed by atoms with Crippen molar-refractivity contribution in [1.82, 2.24) is 9.55 Å². The number of fused-ring (bicyclic) bond motifs is 1. The van der Waals surface area contributed by atoms with Gasteiger partial charge in [0.05, 0.1) is 11.0 Å². The van der Waals surface area contributed by atoms with Crippen LogP contribution in [-0.4, -0.2) is 25.7 Å². The van der Waals surface area contributed by atoms with Crippen LogP contribution in [-0.2, 0) is 16.9 Å². The van der Waals surface area contributed by atoms with Gasteiger partial charge in [-0.2, -0.15) is 0 Å². The van der Waals surface area contributed by atoms with Crippen LogP contribution in [0, 0.1) is 13.8 Å². The summed E-state index contributed by atoms with van der Waals surface area (Å²) in [5, 5.41) is 19.2. The molecule has 0 atom stereocenters. The van der Waals surface area contributed by atoms with E-state index in [0.717, 1.165) is 16.6 Å². The number of carboxylic acid groups (broad SMARTS) is 1. The van der Waals surface area contributed by atoms with Gasteiger partial charge in [0.2, 0.25) is 0 Å². The number of hydrogen-bond acceptors (Lipinski definition) is 3. The zero-order chi connectivity index (χ0) is 14.4. The zero-order valence-electron chi connectivity index (χ0n) is 11.6. The van der Waals surface area contributed by atoms with Gasteiger partial charge in [-0.05, 0) is 51.0 Å². The molecule has 0 radical (unpaired) electrons. The summed E-state index contributed by atoms with van der Waals surface area (Å²) < 4.78 is 1.56. The van der Waals surface area contributed by atoms with E-state index in [1.165, 1.54) is 0 Å². The lowest BCUT2D eigenvalue weighted by molar-refractivity contribution is -0.137. The Hall–Kier alpha value is -1.88. The molecule has 5 heteroatoms. The Morgan fingerprint density at radius 2 is 1.89 bits per heavy atom. The lowest BCUT2D eigenvalue weighted by Crippen LogP contribution is -2.24. The molecule has 0 saturated heterocycles. The molecule has 0 amide bonds. The minimum absolute atomic E-state index is 0.210. The normalized spacial score (nSPS) is 12.1. The molecular formula is C14H18N2O3. The first kappa shape index (κ1) is 13.5. The third-order valence-electron chi connectivity index (χ3n) is 3.20. The van der Waals surface area contributed by atoms with E-state index >= 15 is 0 Å². The standard InChI is InChI=1S/C14H18N2O3/c1-8-5-10-11(6-9(8)2)16(7-12(17)18)13(15-10)14(3,4)19/h5-6,19H,7H2,1-4H3,(H,17,18). The highest BCUT2D eigenvalue weighted by atomic mass is 16.4. The molecular weight excluding hydrogens is 244 g/mol. The SMILES string of the molecule is Cc1cc2nc(C(C)(C)O)n(CC(=O)O)c2cc1C. The summed E-state index contributed by atoms with van der Waals surface area (Å²) in [5.41, 5.74) is 2.43. The van der Waals surface area contributed by atoms with Crippen molar-refractivity contribution in [2.45, 2.75) is 39.8 Å². The van der Waals surface area contributed by atoms with Gasteiger partial charge in [-0.15, -0.1) is 0 Å². The second kappa shape index (κ2) is 4.35. The minimum Gasteiger partial charge on any atom is -0.480 e. The Labute approximate surface area is 111 Å². The maximum Gasteiger partial charge on any atom is 0.323 e. The quantitative estimate of drug-likeness (QED) is 0.886. The number of benzene rings is 1. The number of carboxylic acids is 1. The number of aliphatic carboxylic acids is 1. The van der Waals surface area contributed by atoms with Gasteiger partial charge in [0.1, 0.15) is 18.0 Å². The summed E-state index contributed by atoms with van der Waals surface area (Å²) >= 11 is 0. The third-order valence-corrected chi connectivity index (χ3v) is 3.20. The summed E-state index contributed by atoms with van der Waals surface area (Å²) in [6.07, 6.45) is 0. The van der Waals surface area contributed by atoms with Crippen molar-refractivity contribution in [1.29, 1.82) is 0 Å². The number of nitrogens with zero attached hydrogens (tertiary/aromatic N) is 2. The molecule has 0 spiro atoms. The van der Waals surface area contributed by atoms with E-state index in [4.69, 9.17) is 5.11 Å². The number of aromatic nitrogens is 2. The Balaban J connectivity index is 2.77. The van der Waals surface area contributed by atoms with Crippen LogP contribution >= 0.6 is 0 Å². The Kier molecular flexibility index (Phi) is 3.10. The maximum atomic E-state index is 11.0. The van der Waals surface area contributed by atoms with Gasteiger partial charge >= 0.3 is 5.97 Å². The van der Waals surface area contributed by atoms with Crippen molar-refractivity contribution in [2.75, 3.05) is 0 Å². The molecule has 0 bridgehead atoms. The molecule has 2 N–H and O–H groups in total. The van der Waals surface area contributed by atoms with Crippen molar-refractivity contribution in [3.8, 4) is 0 Å².